The maximum Gasteiger partial charge on any atom is 0.339 e. The first-order valence-corrected chi connectivity index (χ1v) is 9.86. The number of esters is 1. The van der Waals surface area contributed by atoms with E-state index in [0.717, 1.165) is 47.8 Å². The molecule has 1 heterocycles. The molecule has 5 heteroatoms. The average Bonchev–Trinajstić information content (AvgIpc) is 2.67. The predicted octanol–water partition coefficient (Wildman–Crippen LogP) is 3.96. The minimum absolute atomic E-state index is 0.181. The molecular weight excluding hydrogens is 340 g/mol. The molecule has 0 bridgehead atoms. The number of carbonyl (C=O) groups excluding carboxylic acids is 2. The summed E-state index contributed by atoms with van der Waals surface area (Å²) in [5.41, 5.74) is 2.98. The number of ether oxygens (including phenoxy) is 1. The minimum atomic E-state index is -0.465. The molecule has 5 nitrogen and oxygen atoms in total. The van der Waals surface area contributed by atoms with Gasteiger partial charge in [-0.3, -0.25) is 9.78 Å². The first-order valence-electron chi connectivity index (χ1n) is 9.86. The van der Waals surface area contributed by atoms with Crippen LogP contribution in [0.3, 0.4) is 0 Å². The number of amides is 1. The SMILES string of the molecule is CCc1nc2ccccc2c(C(=O)OCC(=O)N[C@@H]2CCCC[C@@H]2C)c1C. The molecule has 3 rings (SSSR count). The van der Waals surface area contributed by atoms with E-state index in [2.05, 4.69) is 17.2 Å². The van der Waals surface area contributed by atoms with Crippen molar-refractivity contribution in [1.29, 1.82) is 0 Å². The summed E-state index contributed by atoms with van der Waals surface area (Å²) in [6.07, 6.45) is 5.21. The zero-order chi connectivity index (χ0) is 19.4. The van der Waals surface area contributed by atoms with Crippen LogP contribution in [0.1, 0.15) is 61.1 Å². The molecule has 1 saturated carbocycles. The normalized spacial score (nSPS) is 19.7. The van der Waals surface area contributed by atoms with E-state index in [1.165, 1.54) is 6.42 Å². The molecule has 1 aliphatic rings. The van der Waals surface area contributed by atoms with Crippen molar-refractivity contribution in [2.45, 2.75) is 58.9 Å². The molecule has 144 valence electrons. The Morgan fingerprint density at radius 3 is 2.70 bits per heavy atom. The molecule has 2 aromatic rings. The molecule has 1 aliphatic carbocycles. The molecular formula is C22H28N2O3. The average molecular weight is 368 g/mol. The van der Waals surface area contributed by atoms with Crippen LogP contribution in [0.4, 0.5) is 0 Å². The van der Waals surface area contributed by atoms with Gasteiger partial charge in [-0.05, 0) is 43.7 Å². The van der Waals surface area contributed by atoms with Gasteiger partial charge in [0, 0.05) is 17.1 Å². The number of nitrogens with one attached hydrogen (secondary N) is 1. The first-order chi connectivity index (χ1) is 13.0. The monoisotopic (exact) mass is 368 g/mol. The van der Waals surface area contributed by atoms with Crippen molar-refractivity contribution >= 4 is 22.8 Å². The van der Waals surface area contributed by atoms with Crippen LogP contribution in [0.15, 0.2) is 24.3 Å². The fourth-order valence-corrected chi connectivity index (χ4v) is 3.95. The van der Waals surface area contributed by atoms with Crippen LogP contribution >= 0.6 is 0 Å². The van der Waals surface area contributed by atoms with Gasteiger partial charge in [-0.1, -0.05) is 44.9 Å². The van der Waals surface area contributed by atoms with E-state index >= 15 is 0 Å². The predicted molar refractivity (Wildman–Crippen MR) is 106 cm³/mol. The first kappa shape index (κ1) is 19.3. The Morgan fingerprint density at radius 1 is 1.22 bits per heavy atom. The lowest BCUT2D eigenvalue weighted by atomic mass is 9.86. The number of benzene rings is 1. The van der Waals surface area contributed by atoms with Gasteiger partial charge >= 0.3 is 5.97 Å². The molecule has 1 N–H and O–H groups in total. The van der Waals surface area contributed by atoms with Gasteiger partial charge in [0.25, 0.3) is 5.91 Å². The maximum atomic E-state index is 12.8. The topological polar surface area (TPSA) is 68.3 Å². The number of para-hydroxylation sites is 1. The standard InChI is InChI=1S/C22H28N2O3/c1-4-17-15(3)21(16-10-6-8-12-19(16)23-17)22(26)27-13-20(25)24-18-11-7-5-9-14(18)2/h6,8,10,12,14,18H,4-5,7,9,11,13H2,1-3H3,(H,24,25)/t14-,18+/m0/s1. The third-order valence-corrected chi connectivity index (χ3v) is 5.57. The molecule has 1 fully saturated rings. The van der Waals surface area contributed by atoms with Crippen LogP contribution in [0.2, 0.25) is 0 Å². The molecule has 0 spiro atoms. The third-order valence-electron chi connectivity index (χ3n) is 5.57. The summed E-state index contributed by atoms with van der Waals surface area (Å²) in [5.74, 6) is -0.224. The van der Waals surface area contributed by atoms with Crippen molar-refractivity contribution in [2.75, 3.05) is 6.61 Å². The highest BCUT2D eigenvalue weighted by Crippen LogP contribution is 2.25. The molecule has 27 heavy (non-hydrogen) atoms. The van der Waals surface area contributed by atoms with Gasteiger partial charge in [-0.2, -0.15) is 0 Å². The second-order valence-corrected chi connectivity index (χ2v) is 7.44. The van der Waals surface area contributed by atoms with Gasteiger partial charge in [-0.25, -0.2) is 4.79 Å². The number of carbonyl (C=O) groups is 2. The number of aryl methyl sites for hydroxylation is 1. The highest BCUT2D eigenvalue weighted by molar-refractivity contribution is 6.05. The van der Waals surface area contributed by atoms with Crippen LogP contribution in [0, 0.1) is 12.8 Å². The highest BCUT2D eigenvalue weighted by atomic mass is 16.5. The van der Waals surface area contributed by atoms with Gasteiger partial charge in [0.05, 0.1) is 11.1 Å². The van der Waals surface area contributed by atoms with Gasteiger partial charge in [0.15, 0.2) is 6.61 Å². The highest BCUT2D eigenvalue weighted by Gasteiger charge is 2.24. The van der Waals surface area contributed by atoms with Crippen molar-refractivity contribution < 1.29 is 14.3 Å². The minimum Gasteiger partial charge on any atom is -0.452 e. The molecule has 0 unspecified atom stereocenters. The van der Waals surface area contributed by atoms with E-state index in [9.17, 15) is 9.59 Å². The molecule has 2 atom stereocenters. The molecule has 0 radical (unpaired) electrons. The van der Waals surface area contributed by atoms with E-state index in [4.69, 9.17) is 4.74 Å². The number of pyridine rings is 1. The summed E-state index contributed by atoms with van der Waals surface area (Å²) in [6, 6.07) is 7.72. The second kappa shape index (κ2) is 8.51. The zero-order valence-electron chi connectivity index (χ0n) is 16.4. The summed E-state index contributed by atoms with van der Waals surface area (Å²) in [7, 11) is 0. The lowest BCUT2D eigenvalue weighted by Gasteiger charge is -2.29. The van der Waals surface area contributed by atoms with Crippen molar-refractivity contribution in [3.63, 3.8) is 0 Å². The second-order valence-electron chi connectivity index (χ2n) is 7.44. The Kier molecular flexibility index (Phi) is 6.09. The summed E-state index contributed by atoms with van der Waals surface area (Å²) < 4.78 is 5.38. The van der Waals surface area contributed by atoms with Crippen LogP contribution in [-0.2, 0) is 16.0 Å². The smallest absolute Gasteiger partial charge is 0.339 e. The van der Waals surface area contributed by atoms with Crippen molar-refractivity contribution in [2.24, 2.45) is 5.92 Å². The number of nitrogens with zero attached hydrogens (tertiary/aromatic N) is 1. The van der Waals surface area contributed by atoms with Crippen molar-refractivity contribution in [3.8, 4) is 0 Å². The summed E-state index contributed by atoms with van der Waals surface area (Å²) >= 11 is 0. The number of fused-ring (bicyclic) bond motifs is 1. The quantitative estimate of drug-likeness (QED) is 0.811. The van der Waals surface area contributed by atoms with Gasteiger partial charge in [-0.15, -0.1) is 0 Å². The van der Waals surface area contributed by atoms with Crippen LogP contribution in [-0.4, -0.2) is 29.5 Å². The number of hydrogen-bond acceptors (Lipinski definition) is 4. The maximum absolute atomic E-state index is 12.8. The van der Waals surface area contributed by atoms with E-state index in [-0.39, 0.29) is 18.6 Å². The number of aromatic nitrogens is 1. The summed E-state index contributed by atoms with van der Waals surface area (Å²) in [5, 5.41) is 3.78. The van der Waals surface area contributed by atoms with Crippen LogP contribution < -0.4 is 5.32 Å². The number of hydrogen-bond donors (Lipinski definition) is 1. The Balaban J connectivity index is 1.72. The molecule has 1 aromatic heterocycles. The van der Waals surface area contributed by atoms with Gasteiger partial charge in [0.1, 0.15) is 0 Å². The van der Waals surface area contributed by atoms with E-state index < -0.39 is 5.97 Å². The molecule has 1 amide bonds. The van der Waals surface area contributed by atoms with Gasteiger partial charge < -0.3 is 10.1 Å². The Bertz CT molecular complexity index is 847. The fourth-order valence-electron chi connectivity index (χ4n) is 3.95. The zero-order valence-corrected chi connectivity index (χ0v) is 16.4. The third kappa shape index (κ3) is 4.29. The lowest BCUT2D eigenvalue weighted by Crippen LogP contribution is -2.42. The molecule has 0 saturated heterocycles. The lowest BCUT2D eigenvalue weighted by molar-refractivity contribution is -0.125. The van der Waals surface area contributed by atoms with Crippen LogP contribution in [0.25, 0.3) is 10.9 Å². The Labute approximate surface area is 160 Å². The van der Waals surface area contributed by atoms with E-state index in [1.807, 2.05) is 38.1 Å². The van der Waals surface area contributed by atoms with Crippen molar-refractivity contribution in [1.82, 2.24) is 10.3 Å². The van der Waals surface area contributed by atoms with E-state index in [1.54, 1.807) is 0 Å². The van der Waals surface area contributed by atoms with Crippen molar-refractivity contribution in [3.05, 3.63) is 41.1 Å². The summed E-state index contributed by atoms with van der Waals surface area (Å²) in [6.45, 7) is 5.81. The number of rotatable bonds is 5. The fraction of sp³-hybridized carbons (Fsp3) is 0.500. The largest absolute Gasteiger partial charge is 0.452 e. The Hall–Kier alpha value is -2.43. The molecule has 1 aromatic carbocycles. The van der Waals surface area contributed by atoms with Crippen LogP contribution in [0.5, 0.6) is 0 Å². The Morgan fingerprint density at radius 2 is 1.96 bits per heavy atom. The summed E-state index contributed by atoms with van der Waals surface area (Å²) in [4.78, 5) is 29.7. The van der Waals surface area contributed by atoms with Gasteiger partial charge in [0.2, 0.25) is 0 Å². The van der Waals surface area contributed by atoms with E-state index in [0.29, 0.717) is 11.5 Å². The molecule has 0 aliphatic heterocycles.